The predicted octanol–water partition coefficient (Wildman–Crippen LogP) is 3.34. The van der Waals surface area contributed by atoms with Crippen LogP contribution in [0.5, 0.6) is 0 Å². The third-order valence-electron chi connectivity index (χ3n) is 2.87. The van der Waals surface area contributed by atoms with Crippen LogP contribution in [-0.2, 0) is 11.3 Å². The average molecular weight is 303 g/mol. The molecule has 0 unspecified atom stereocenters. The minimum absolute atomic E-state index is 0.135. The maximum Gasteiger partial charge on any atom is 0.224 e. The molecule has 19 heavy (non-hydrogen) atoms. The molecule has 0 heterocycles. The molecule has 3 nitrogen and oxygen atoms in total. The molecular weight excluding hydrogens is 283 g/mol. The zero-order chi connectivity index (χ0) is 14.4. The van der Waals surface area contributed by atoms with E-state index in [9.17, 15) is 4.79 Å². The lowest BCUT2D eigenvalue weighted by Crippen LogP contribution is -2.37. The standard InChI is InChI=1S/C14H20Cl2N2O/c1-10(2)18(14(19)6-7-17-3)9-11-4-5-12(15)13(16)8-11/h4-5,8,10,17H,6-7,9H2,1-3H3. The lowest BCUT2D eigenvalue weighted by atomic mass is 10.1. The van der Waals surface area contributed by atoms with Crippen LogP contribution in [0.25, 0.3) is 0 Å². The second kappa shape index (κ2) is 7.73. The zero-order valence-corrected chi connectivity index (χ0v) is 13.1. The molecule has 0 atom stereocenters. The maximum absolute atomic E-state index is 12.1. The van der Waals surface area contributed by atoms with E-state index in [1.807, 2.05) is 37.9 Å². The highest BCUT2D eigenvalue weighted by atomic mass is 35.5. The van der Waals surface area contributed by atoms with E-state index in [0.29, 0.717) is 29.6 Å². The lowest BCUT2D eigenvalue weighted by Gasteiger charge is -2.27. The van der Waals surface area contributed by atoms with Gasteiger partial charge >= 0.3 is 0 Å². The summed E-state index contributed by atoms with van der Waals surface area (Å²) in [5, 5.41) is 4.04. The van der Waals surface area contributed by atoms with E-state index in [-0.39, 0.29) is 11.9 Å². The molecule has 0 aliphatic carbocycles. The molecule has 0 saturated heterocycles. The molecular formula is C14H20Cl2N2O. The Balaban J connectivity index is 2.77. The van der Waals surface area contributed by atoms with E-state index in [1.54, 1.807) is 6.07 Å². The summed E-state index contributed by atoms with van der Waals surface area (Å²) in [6.45, 7) is 5.25. The van der Waals surface area contributed by atoms with Crippen molar-refractivity contribution in [1.29, 1.82) is 0 Å². The monoisotopic (exact) mass is 302 g/mol. The van der Waals surface area contributed by atoms with Crippen molar-refractivity contribution in [3.8, 4) is 0 Å². The molecule has 0 fully saturated rings. The first-order valence-corrected chi connectivity index (χ1v) is 7.09. The van der Waals surface area contributed by atoms with Crippen molar-refractivity contribution in [3.63, 3.8) is 0 Å². The third-order valence-corrected chi connectivity index (χ3v) is 3.61. The van der Waals surface area contributed by atoms with Crippen molar-refractivity contribution in [2.45, 2.75) is 32.9 Å². The van der Waals surface area contributed by atoms with Crippen molar-refractivity contribution >= 4 is 29.1 Å². The largest absolute Gasteiger partial charge is 0.336 e. The Labute approximate surface area is 124 Å². The van der Waals surface area contributed by atoms with E-state index in [1.165, 1.54) is 0 Å². The number of amides is 1. The number of nitrogens with zero attached hydrogens (tertiary/aromatic N) is 1. The first kappa shape index (κ1) is 16.3. The Hall–Kier alpha value is -0.770. The highest BCUT2D eigenvalue weighted by molar-refractivity contribution is 6.42. The Kier molecular flexibility index (Phi) is 6.63. The van der Waals surface area contributed by atoms with Gasteiger partial charge in [-0.15, -0.1) is 0 Å². The Bertz CT molecular complexity index is 435. The summed E-state index contributed by atoms with van der Waals surface area (Å²) in [4.78, 5) is 14.0. The molecule has 0 bridgehead atoms. The maximum atomic E-state index is 12.1. The molecule has 1 rings (SSSR count). The van der Waals surface area contributed by atoms with E-state index in [0.717, 1.165) is 5.56 Å². The molecule has 0 aliphatic rings. The number of nitrogens with one attached hydrogen (secondary N) is 1. The van der Waals surface area contributed by atoms with Crippen LogP contribution in [0.1, 0.15) is 25.8 Å². The number of benzene rings is 1. The second-order valence-corrected chi connectivity index (χ2v) is 5.53. The van der Waals surface area contributed by atoms with Gasteiger partial charge in [-0.3, -0.25) is 4.79 Å². The molecule has 0 aromatic heterocycles. The smallest absolute Gasteiger partial charge is 0.224 e. The molecule has 0 aliphatic heterocycles. The minimum Gasteiger partial charge on any atom is -0.336 e. The summed E-state index contributed by atoms with van der Waals surface area (Å²) in [6, 6.07) is 5.62. The van der Waals surface area contributed by atoms with Gasteiger partial charge in [-0.05, 0) is 38.6 Å². The molecule has 1 aromatic carbocycles. The fourth-order valence-corrected chi connectivity index (χ4v) is 2.09. The van der Waals surface area contributed by atoms with E-state index < -0.39 is 0 Å². The number of carbonyl (C=O) groups is 1. The SMILES string of the molecule is CNCCC(=O)N(Cc1ccc(Cl)c(Cl)c1)C(C)C. The van der Waals surface area contributed by atoms with Gasteiger partial charge < -0.3 is 10.2 Å². The topological polar surface area (TPSA) is 32.3 Å². The van der Waals surface area contributed by atoms with Crippen LogP contribution >= 0.6 is 23.2 Å². The van der Waals surface area contributed by atoms with Gasteiger partial charge in [-0.25, -0.2) is 0 Å². The Morgan fingerprint density at radius 1 is 1.32 bits per heavy atom. The van der Waals surface area contributed by atoms with Gasteiger partial charge in [-0.1, -0.05) is 29.3 Å². The van der Waals surface area contributed by atoms with Gasteiger partial charge in [-0.2, -0.15) is 0 Å². The van der Waals surface area contributed by atoms with Crippen molar-refractivity contribution in [2.75, 3.05) is 13.6 Å². The Morgan fingerprint density at radius 2 is 2.00 bits per heavy atom. The average Bonchev–Trinajstić information content (AvgIpc) is 2.36. The van der Waals surface area contributed by atoms with Crippen LogP contribution in [0.2, 0.25) is 10.0 Å². The predicted molar refractivity (Wildman–Crippen MR) is 80.7 cm³/mol. The fourth-order valence-electron chi connectivity index (χ4n) is 1.77. The summed E-state index contributed by atoms with van der Waals surface area (Å²) in [5.41, 5.74) is 0.987. The van der Waals surface area contributed by atoms with E-state index in [2.05, 4.69) is 5.32 Å². The van der Waals surface area contributed by atoms with Crippen LogP contribution < -0.4 is 5.32 Å². The lowest BCUT2D eigenvalue weighted by molar-refractivity contribution is -0.133. The van der Waals surface area contributed by atoms with Crippen LogP contribution in [-0.4, -0.2) is 30.4 Å². The van der Waals surface area contributed by atoms with Crippen LogP contribution in [0.4, 0.5) is 0 Å². The normalized spacial score (nSPS) is 10.8. The molecule has 1 N–H and O–H groups in total. The molecule has 1 aromatic rings. The van der Waals surface area contributed by atoms with Crippen LogP contribution in [0.15, 0.2) is 18.2 Å². The van der Waals surface area contributed by atoms with Gasteiger partial charge in [0, 0.05) is 25.6 Å². The first-order chi connectivity index (χ1) is 8.95. The number of carbonyl (C=O) groups excluding carboxylic acids is 1. The number of hydrogen-bond donors (Lipinski definition) is 1. The van der Waals surface area contributed by atoms with Gasteiger partial charge in [0.25, 0.3) is 0 Å². The van der Waals surface area contributed by atoms with Crippen molar-refractivity contribution in [1.82, 2.24) is 10.2 Å². The van der Waals surface area contributed by atoms with Crippen LogP contribution in [0.3, 0.4) is 0 Å². The summed E-state index contributed by atoms with van der Waals surface area (Å²) in [5.74, 6) is 0.135. The summed E-state index contributed by atoms with van der Waals surface area (Å²) in [6.07, 6.45) is 0.496. The van der Waals surface area contributed by atoms with E-state index >= 15 is 0 Å². The van der Waals surface area contributed by atoms with Gasteiger partial charge in [0.15, 0.2) is 0 Å². The van der Waals surface area contributed by atoms with Crippen LogP contribution in [0, 0.1) is 0 Å². The number of rotatable bonds is 6. The molecule has 5 heteroatoms. The minimum atomic E-state index is 0.135. The highest BCUT2D eigenvalue weighted by Crippen LogP contribution is 2.23. The third kappa shape index (κ3) is 5.01. The molecule has 1 amide bonds. The van der Waals surface area contributed by atoms with Crippen molar-refractivity contribution in [3.05, 3.63) is 33.8 Å². The summed E-state index contributed by atoms with van der Waals surface area (Å²) < 4.78 is 0. The van der Waals surface area contributed by atoms with E-state index in [4.69, 9.17) is 23.2 Å². The number of halogens is 2. The Morgan fingerprint density at radius 3 is 2.53 bits per heavy atom. The van der Waals surface area contributed by atoms with Crippen molar-refractivity contribution in [2.24, 2.45) is 0 Å². The van der Waals surface area contributed by atoms with Gasteiger partial charge in [0.2, 0.25) is 5.91 Å². The van der Waals surface area contributed by atoms with Crippen molar-refractivity contribution < 1.29 is 4.79 Å². The molecule has 0 radical (unpaired) electrons. The highest BCUT2D eigenvalue weighted by Gasteiger charge is 2.17. The number of hydrogen-bond acceptors (Lipinski definition) is 2. The molecule has 106 valence electrons. The fraction of sp³-hybridized carbons (Fsp3) is 0.500. The zero-order valence-electron chi connectivity index (χ0n) is 11.5. The quantitative estimate of drug-likeness (QED) is 0.874. The van der Waals surface area contributed by atoms with Gasteiger partial charge in [0.05, 0.1) is 10.0 Å². The second-order valence-electron chi connectivity index (χ2n) is 4.72. The summed E-state index contributed by atoms with van der Waals surface area (Å²) >= 11 is 11.9. The first-order valence-electron chi connectivity index (χ1n) is 6.33. The molecule has 0 spiro atoms. The molecule has 0 saturated carbocycles. The van der Waals surface area contributed by atoms with Gasteiger partial charge in [0.1, 0.15) is 0 Å². The summed E-state index contributed by atoms with van der Waals surface area (Å²) in [7, 11) is 1.84.